The lowest BCUT2D eigenvalue weighted by Crippen LogP contribution is -2.48. The normalized spacial score (nSPS) is 12.6. The quantitative estimate of drug-likeness (QED) is 0.234. The lowest BCUT2D eigenvalue weighted by molar-refractivity contribution is -0.141. The van der Waals surface area contributed by atoms with Gasteiger partial charge in [-0.15, -0.1) is 0 Å². The summed E-state index contributed by atoms with van der Waals surface area (Å²) < 4.78 is 10.3. The molecule has 0 unspecified atom stereocenters. The van der Waals surface area contributed by atoms with Crippen LogP contribution in [0.25, 0.3) is 0 Å². The second-order valence-corrected chi connectivity index (χ2v) is 9.22. The van der Waals surface area contributed by atoms with E-state index in [1.54, 1.807) is 42.5 Å². The number of hydrogen-bond donors (Lipinski definition) is 2. The molecule has 0 bridgehead atoms. The van der Waals surface area contributed by atoms with Crippen LogP contribution in [0.5, 0.6) is 5.75 Å². The highest BCUT2D eigenvalue weighted by Crippen LogP contribution is 2.30. The predicted octanol–water partition coefficient (Wildman–Crippen LogP) is 2.13. The molecular weight excluding hydrogens is 554 g/mol. The molecule has 41 heavy (non-hydrogen) atoms. The Bertz CT molecular complexity index is 1470. The van der Waals surface area contributed by atoms with Gasteiger partial charge in [-0.05, 0) is 42.0 Å². The van der Waals surface area contributed by atoms with Gasteiger partial charge in [0, 0.05) is 25.4 Å². The van der Waals surface area contributed by atoms with Crippen molar-refractivity contribution >= 4 is 46.9 Å². The summed E-state index contributed by atoms with van der Waals surface area (Å²) in [6.45, 7) is 0.807. The van der Waals surface area contributed by atoms with Gasteiger partial charge in [0.2, 0.25) is 5.91 Å². The number of fused-ring (bicyclic) bond motifs is 1. The first-order valence-electron chi connectivity index (χ1n) is 12.5. The van der Waals surface area contributed by atoms with Crippen LogP contribution in [0.3, 0.4) is 0 Å². The molecule has 3 aromatic rings. The maximum Gasteiger partial charge on any atom is 0.302 e. The summed E-state index contributed by atoms with van der Waals surface area (Å²) in [7, 11) is 0. The molecule has 2 N–H and O–H groups in total. The molecule has 1 aliphatic rings. The van der Waals surface area contributed by atoms with Crippen LogP contribution < -0.4 is 20.5 Å². The number of nitrogens with one attached hydrogen (secondary N) is 2. The molecule has 0 atom stereocenters. The first-order chi connectivity index (χ1) is 19.7. The Morgan fingerprint density at radius 3 is 2.49 bits per heavy atom. The van der Waals surface area contributed by atoms with Crippen molar-refractivity contribution in [1.29, 1.82) is 0 Å². The zero-order chi connectivity index (χ0) is 29.4. The van der Waals surface area contributed by atoms with Crippen LogP contribution in [0.15, 0.2) is 66.9 Å². The van der Waals surface area contributed by atoms with E-state index in [9.17, 15) is 24.0 Å². The summed E-state index contributed by atoms with van der Waals surface area (Å²) in [5, 5.41) is 0.106. The third-order valence-corrected chi connectivity index (χ3v) is 6.22. The molecule has 212 valence electrons. The number of benzene rings is 2. The van der Waals surface area contributed by atoms with E-state index in [2.05, 4.69) is 15.8 Å². The Morgan fingerprint density at radius 1 is 0.976 bits per heavy atom. The van der Waals surface area contributed by atoms with E-state index < -0.39 is 29.6 Å². The van der Waals surface area contributed by atoms with Crippen molar-refractivity contribution in [2.24, 2.45) is 0 Å². The first kappa shape index (κ1) is 29.0. The largest absolute Gasteiger partial charge is 0.490 e. The van der Waals surface area contributed by atoms with E-state index >= 15 is 0 Å². The van der Waals surface area contributed by atoms with Gasteiger partial charge in [-0.3, -0.25) is 44.7 Å². The van der Waals surface area contributed by atoms with E-state index in [0.717, 1.165) is 0 Å². The topological polar surface area (TPSA) is 147 Å². The third-order valence-electron chi connectivity index (χ3n) is 5.91. The SMILES string of the molecule is CC(=O)OCCOc1ccc(C(=O)N2CC(=O)N(CC(=O)NNC(=O)c3ccccn3)Cc3ccccc32)c(Cl)c1. The summed E-state index contributed by atoms with van der Waals surface area (Å²) in [4.78, 5) is 69.0. The van der Waals surface area contributed by atoms with Gasteiger partial charge in [0.25, 0.3) is 17.7 Å². The summed E-state index contributed by atoms with van der Waals surface area (Å²) in [6, 6.07) is 16.2. The van der Waals surface area contributed by atoms with Gasteiger partial charge in [0.15, 0.2) is 0 Å². The van der Waals surface area contributed by atoms with Gasteiger partial charge in [-0.25, -0.2) is 0 Å². The number of hydrogen-bond acceptors (Lipinski definition) is 8. The van der Waals surface area contributed by atoms with Gasteiger partial charge in [-0.1, -0.05) is 35.9 Å². The highest BCUT2D eigenvalue weighted by Gasteiger charge is 2.31. The number of nitrogens with zero attached hydrogens (tertiary/aromatic N) is 3. The fourth-order valence-electron chi connectivity index (χ4n) is 4.00. The van der Waals surface area contributed by atoms with Crippen molar-refractivity contribution in [2.45, 2.75) is 13.5 Å². The van der Waals surface area contributed by atoms with Crippen LogP contribution >= 0.6 is 11.6 Å². The number of carbonyl (C=O) groups is 5. The first-order valence-corrected chi connectivity index (χ1v) is 12.8. The lowest BCUT2D eigenvalue weighted by atomic mass is 10.1. The summed E-state index contributed by atoms with van der Waals surface area (Å²) in [5.74, 6) is -2.29. The Hall–Kier alpha value is -4.97. The van der Waals surface area contributed by atoms with Gasteiger partial charge < -0.3 is 14.4 Å². The zero-order valence-corrected chi connectivity index (χ0v) is 22.7. The Kier molecular flexibility index (Phi) is 9.48. The molecule has 0 radical (unpaired) electrons. The number of ether oxygens (including phenoxy) is 2. The number of halogens is 1. The second kappa shape index (κ2) is 13.4. The molecule has 13 heteroatoms. The standard InChI is InChI=1S/C28H26ClN5O7/c1-18(35)40-12-13-41-20-9-10-21(22(29)14-20)28(39)34-17-26(37)33(15-19-6-2-3-8-24(19)34)16-25(36)31-32-27(38)23-7-4-5-11-30-23/h2-11,14H,12-13,15-17H2,1H3,(H,31,36)(H,32,38). The van der Waals surface area contributed by atoms with Gasteiger partial charge in [-0.2, -0.15) is 0 Å². The Balaban J connectivity index is 1.44. The fourth-order valence-corrected chi connectivity index (χ4v) is 4.25. The molecule has 0 aliphatic carbocycles. The molecule has 0 spiro atoms. The molecule has 4 amide bonds. The van der Waals surface area contributed by atoms with Crippen LogP contribution in [0.4, 0.5) is 5.69 Å². The van der Waals surface area contributed by atoms with Gasteiger partial charge in [0.05, 0.1) is 10.6 Å². The molecule has 0 saturated carbocycles. The van der Waals surface area contributed by atoms with Crippen molar-refractivity contribution in [3.8, 4) is 5.75 Å². The van der Waals surface area contributed by atoms with Crippen molar-refractivity contribution in [1.82, 2.24) is 20.7 Å². The summed E-state index contributed by atoms with van der Waals surface area (Å²) in [6.07, 6.45) is 1.45. The molecular formula is C28H26ClN5O7. The van der Waals surface area contributed by atoms with Crippen molar-refractivity contribution < 1.29 is 33.4 Å². The van der Waals surface area contributed by atoms with Crippen molar-refractivity contribution in [2.75, 3.05) is 31.2 Å². The molecule has 0 fully saturated rings. The maximum atomic E-state index is 13.6. The highest BCUT2D eigenvalue weighted by molar-refractivity contribution is 6.34. The van der Waals surface area contributed by atoms with E-state index in [4.69, 9.17) is 21.1 Å². The van der Waals surface area contributed by atoms with Crippen molar-refractivity contribution in [3.05, 3.63) is 88.7 Å². The van der Waals surface area contributed by atoms with E-state index in [-0.39, 0.29) is 49.1 Å². The zero-order valence-electron chi connectivity index (χ0n) is 22.0. The van der Waals surface area contributed by atoms with E-state index in [1.165, 1.54) is 41.1 Å². The van der Waals surface area contributed by atoms with Crippen LogP contribution in [0.2, 0.25) is 5.02 Å². The summed E-state index contributed by atoms with van der Waals surface area (Å²) >= 11 is 6.41. The highest BCUT2D eigenvalue weighted by atomic mass is 35.5. The average molecular weight is 580 g/mol. The number of hydrazine groups is 1. The molecule has 0 saturated heterocycles. The minimum absolute atomic E-state index is 0.0588. The number of carbonyl (C=O) groups excluding carboxylic acids is 5. The minimum atomic E-state index is -0.632. The number of pyridine rings is 1. The number of aromatic nitrogens is 1. The predicted molar refractivity (Wildman–Crippen MR) is 147 cm³/mol. The van der Waals surface area contributed by atoms with Crippen LogP contribution in [-0.4, -0.2) is 65.8 Å². The van der Waals surface area contributed by atoms with Gasteiger partial charge in [0.1, 0.15) is 37.7 Å². The number of rotatable bonds is 8. The Labute approximate surface area is 240 Å². The number of para-hydroxylation sites is 1. The number of esters is 1. The molecule has 1 aromatic heterocycles. The lowest BCUT2D eigenvalue weighted by Gasteiger charge is -2.23. The molecule has 12 nitrogen and oxygen atoms in total. The molecule has 1 aliphatic heterocycles. The van der Waals surface area contributed by atoms with Crippen LogP contribution in [-0.2, 0) is 25.7 Å². The number of amides is 4. The summed E-state index contributed by atoms with van der Waals surface area (Å²) in [5.41, 5.74) is 5.94. The number of anilines is 1. The average Bonchev–Trinajstić information content (AvgIpc) is 3.10. The van der Waals surface area contributed by atoms with Crippen LogP contribution in [0, 0.1) is 0 Å². The van der Waals surface area contributed by atoms with Gasteiger partial charge >= 0.3 is 5.97 Å². The maximum absolute atomic E-state index is 13.6. The molecule has 4 rings (SSSR count). The van der Waals surface area contributed by atoms with Crippen molar-refractivity contribution in [3.63, 3.8) is 0 Å². The fraction of sp³-hybridized carbons (Fsp3) is 0.214. The minimum Gasteiger partial charge on any atom is -0.490 e. The molecule has 2 heterocycles. The van der Waals surface area contributed by atoms with Crippen LogP contribution in [0.1, 0.15) is 33.3 Å². The smallest absolute Gasteiger partial charge is 0.302 e. The van der Waals surface area contributed by atoms with E-state index in [1.807, 2.05) is 0 Å². The molecule has 2 aromatic carbocycles. The van der Waals surface area contributed by atoms with E-state index in [0.29, 0.717) is 17.0 Å². The Morgan fingerprint density at radius 2 is 1.76 bits per heavy atom. The second-order valence-electron chi connectivity index (χ2n) is 8.82. The third kappa shape index (κ3) is 7.57. The monoisotopic (exact) mass is 579 g/mol.